The van der Waals surface area contributed by atoms with Gasteiger partial charge in [-0.15, -0.1) is 6.58 Å². The Bertz CT molecular complexity index is 293. The van der Waals surface area contributed by atoms with Crippen molar-refractivity contribution in [3.8, 4) is 0 Å². The summed E-state index contributed by atoms with van der Waals surface area (Å²) < 4.78 is 4.71. The van der Waals surface area contributed by atoms with E-state index in [0.29, 0.717) is 6.42 Å². The van der Waals surface area contributed by atoms with E-state index >= 15 is 0 Å². The second-order valence-electron chi connectivity index (χ2n) is 4.91. The summed E-state index contributed by atoms with van der Waals surface area (Å²) in [7, 11) is 1.30. The van der Waals surface area contributed by atoms with Crippen LogP contribution in [0.2, 0.25) is 0 Å². The SMILES string of the molecule is C=CCC(C)(CC(C)(C)C(=O)O)C(=O)OC. The van der Waals surface area contributed by atoms with Gasteiger partial charge in [-0.3, -0.25) is 9.59 Å². The lowest BCUT2D eigenvalue weighted by Gasteiger charge is -2.32. The van der Waals surface area contributed by atoms with E-state index in [1.165, 1.54) is 7.11 Å². The van der Waals surface area contributed by atoms with Gasteiger partial charge in [-0.2, -0.15) is 0 Å². The third kappa shape index (κ3) is 3.36. The van der Waals surface area contributed by atoms with E-state index in [0.717, 1.165) is 0 Å². The first-order chi connectivity index (χ1) is 7.19. The number of hydrogen-bond donors (Lipinski definition) is 1. The molecule has 92 valence electrons. The monoisotopic (exact) mass is 228 g/mol. The van der Waals surface area contributed by atoms with Gasteiger partial charge in [-0.05, 0) is 33.6 Å². The van der Waals surface area contributed by atoms with Crippen LogP contribution in [0.25, 0.3) is 0 Å². The number of carboxylic acid groups (broad SMARTS) is 1. The van der Waals surface area contributed by atoms with E-state index in [-0.39, 0.29) is 6.42 Å². The molecule has 0 aliphatic carbocycles. The molecule has 1 atom stereocenters. The lowest BCUT2D eigenvalue weighted by Crippen LogP contribution is -2.37. The minimum absolute atomic E-state index is 0.216. The van der Waals surface area contributed by atoms with Crippen molar-refractivity contribution in [1.82, 2.24) is 0 Å². The number of carbonyl (C=O) groups is 2. The molecule has 0 saturated heterocycles. The molecule has 1 N–H and O–H groups in total. The highest BCUT2D eigenvalue weighted by Crippen LogP contribution is 2.38. The largest absolute Gasteiger partial charge is 0.481 e. The Morgan fingerprint density at radius 1 is 1.38 bits per heavy atom. The highest BCUT2D eigenvalue weighted by Gasteiger charge is 2.42. The molecule has 4 heteroatoms. The van der Waals surface area contributed by atoms with Gasteiger partial charge in [0.1, 0.15) is 0 Å². The van der Waals surface area contributed by atoms with Crippen LogP contribution in [-0.2, 0) is 14.3 Å². The van der Waals surface area contributed by atoms with Gasteiger partial charge in [0.05, 0.1) is 17.9 Å². The van der Waals surface area contributed by atoms with Crippen LogP contribution in [0.5, 0.6) is 0 Å². The van der Waals surface area contributed by atoms with Gasteiger partial charge in [0.15, 0.2) is 0 Å². The maximum Gasteiger partial charge on any atom is 0.311 e. The average molecular weight is 228 g/mol. The maximum atomic E-state index is 11.7. The molecular formula is C12H20O4. The Labute approximate surface area is 96.3 Å². The zero-order valence-corrected chi connectivity index (χ0v) is 10.4. The predicted octanol–water partition coefficient (Wildman–Crippen LogP) is 2.24. The van der Waals surface area contributed by atoms with Crippen molar-refractivity contribution in [2.75, 3.05) is 7.11 Å². The van der Waals surface area contributed by atoms with Gasteiger partial charge in [-0.1, -0.05) is 6.08 Å². The summed E-state index contributed by atoms with van der Waals surface area (Å²) in [6.45, 7) is 8.48. The number of carboxylic acids is 1. The molecule has 0 aromatic rings. The summed E-state index contributed by atoms with van der Waals surface area (Å²) in [5, 5.41) is 9.05. The predicted molar refractivity (Wildman–Crippen MR) is 61.0 cm³/mol. The molecule has 0 radical (unpaired) electrons. The van der Waals surface area contributed by atoms with E-state index in [2.05, 4.69) is 6.58 Å². The highest BCUT2D eigenvalue weighted by atomic mass is 16.5. The molecule has 0 heterocycles. The summed E-state index contributed by atoms with van der Waals surface area (Å²) >= 11 is 0. The molecule has 4 nitrogen and oxygen atoms in total. The molecular weight excluding hydrogens is 208 g/mol. The fraction of sp³-hybridized carbons (Fsp3) is 0.667. The van der Waals surface area contributed by atoms with E-state index in [9.17, 15) is 9.59 Å². The minimum atomic E-state index is -0.966. The van der Waals surface area contributed by atoms with Crippen LogP contribution in [-0.4, -0.2) is 24.2 Å². The number of esters is 1. The van der Waals surface area contributed by atoms with Crippen LogP contribution >= 0.6 is 0 Å². The molecule has 0 aromatic heterocycles. The van der Waals surface area contributed by atoms with Crippen LogP contribution in [0.3, 0.4) is 0 Å². The lowest BCUT2D eigenvalue weighted by atomic mass is 9.72. The minimum Gasteiger partial charge on any atom is -0.481 e. The summed E-state index contributed by atoms with van der Waals surface area (Å²) in [5.41, 5.74) is -1.80. The number of ether oxygens (including phenoxy) is 1. The smallest absolute Gasteiger partial charge is 0.311 e. The van der Waals surface area contributed by atoms with Crippen molar-refractivity contribution in [1.29, 1.82) is 0 Å². The van der Waals surface area contributed by atoms with Crippen LogP contribution in [0.1, 0.15) is 33.6 Å². The Hall–Kier alpha value is -1.32. The molecule has 0 amide bonds. The molecule has 0 saturated carbocycles. The number of methoxy groups -OCH3 is 1. The zero-order chi connectivity index (χ0) is 13.0. The van der Waals surface area contributed by atoms with E-state index in [1.54, 1.807) is 26.8 Å². The third-order valence-electron chi connectivity index (χ3n) is 2.68. The fourth-order valence-electron chi connectivity index (χ4n) is 1.84. The quantitative estimate of drug-likeness (QED) is 0.559. The second-order valence-corrected chi connectivity index (χ2v) is 4.91. The maximum absolute atomic E-state index is 11.7. The van der Waals surface area contributed by atoms with E-state index in [4.69, 9.17) is 9.84 Å². The highest BCUT2D eigenvalue weighted by molar-refractivity contribution is 5.79. The first-order valence-corrected chi connectivity index (χ1v) is 5.12. The van der Waals surface area contributed by atoms with Crippen LogP contribution in [0, 0.1) is 10.8 Å². The summed E-state index contributed by atoms with van der Waals surface area (Å²) in [4.78, 5) is 22.7. The Balaban J connectivity index is 5.01. The first-order valence-electron chi connectivity index (χ1n) is 5.12. The molecule has 0 aliphatic heterocycles. The third-order valence-corrected chi connectivity index (χ3v) is 2.68. The molecule has 0 bridgehead atoms. The van der Waals surface area contributed by atoms with Gasteiger partial charge >= 0.3 is 11.9 Å². The van der Waals surface area contributed by atoms with Gasteiger partial charge in [-0.25, -0.2) is 0 Å². The standard InChI is InChI=1S/C12H20O4/c1-6-7-12(4,10(15)16-5)8-11(2,3)9(13)14/h6H,1,7-8H2,2-5H3,(H,13,14). The Morgan fingerprint density at radius 3 is 2.19 bits per heavy atom. The molecule has 0 fully saturated rings. The Kier molecular flexibility index (Phi) is 4.72. The summed E-state index contributed by atoms with van der Waals surface area (Å²) in [6, 6.07) is 0. The molecule has 0 rings (SSSR count). The first kappa shape index (κ1) is 14.7. The van der Waals surface area contributed by atoms with Crippen LogP contribution in [0.15, 0.2) is 12.7 Å². The van der Waals surface area contributed by atoms with E-state index in [1.807, 2.05) is 0 Å². The van der Waals surface area contributed by atoms with E-state index < -0.39 is 22.8 Å². The summed E-state index contributed by atoms with van der Waals surface area (Å²) in [5.74, 6) is -1.33. The Morgan fingerprint density at radius 2 is 1.88 bits per heavy atom. The molecule has 0 spiro atoms. The van der Waals surface area contributed by atoms with Crippen molar-refractivity contribution in [3.05, 3.63) is 12.7 Å². The normalized spacial score (nSPS) is 15.0. The number of hydrogen-bond acceptors (Lipinski definition) is 3. The van der Waals surface area contributed by atoms with Crippen molar-refractivity contribution >= 4 is 11.9 Å². The number of allylic oxidation sites excluding steroid dienone is 1. The van der Waals surface area contributed by atoms with Gasteiger partial charge in [0.2, 0.25) is 0 Å². The molecule has 1 unspecified atom stereocenters. The van der Waals surface area contributed by atoms with Crippen LogP contribution < -0.4 is 0 Å². The number of rotatable bonds is 6. The molecule has 0 aliphatic rings. The molecule has 0 aromatic carbocycles. The second kappa shape index (κ2) is 5.14. The zero-order valence-electron chi connectivity index (χ0n) is 10.4. The van der Waals surface area contributed by atoms with Crippen LogP contribution in [0.4, 0.5) is 0 Å². The average Bonchev–Trinajstić information content (AvgIpc) is 2.15. The number of carbonyl (C=O) groups excluding carboxylic acids is 1. The van der Waals surface area contributed by atoms with Crippen molar-refractivity contribution in [2.24, 2.45) is 10.8 Å². The van der Waals surface area contributed by atoms with Crippen molar-refractivity contribution in [3.63, 3.8) is 0 Å². The van der Waals surface area contributed by atoms with Gasteiger partial charge in [0, 0.05) is 0 Å². The molecule has 16 heavy (non-hydrogen) atoms. The van der Waals surface area contributed by atoms with Gasteiger partial charge in [0.25, 0.3) is 0 Å². The van der Waals surface area contributed by atoms with Gasteiger partial charge < -0.3 is 9.84 Å². The number of aliphatic carboxylic acids is 1. The fourth-order valence-corrected chi connectivity index (χ4v) is 1.84. The van der Waals surface area contributed by atoms with Crippen molar-refractivity contribution < 1.29 is 19.4 Å². The lowest BCUT2D eigenvalue weighted by molar-refractivity contribution is -0.157. The topological polar surface area (TPSA) is 63.6 Å². The summed E-state index contributed by atoms with van der Waals surface area (Å²) in [6.07, 6.45) is 2.22. The van der Waals surface area contributed by atoms with Crippen molar-refractivity contribution in [2.45, 2.75) is 33.6 Å².